The second-order valence-electron chi connectivity index (χ2n) is 11.2. The fourth-order valence-corrected chi connectivity index (χ4v) is 8.01. The normalized spacial score (nSPS) is 46.4. The van der Waals surface area contributed by atoms with Crippen LogP contribution in [0.2, 0.25) is 0 Å². The number of hydrogen-bond acceptors (Lipinski definition) is 2. The molecule has 1 N–H and O–H groups in total. The van der Waals surface area contributed by atoms with Crippen molar-refractivity contribution in [3.05, 3.63) is 23.9 Å². The van der Waals surface area contributed by atoms with Gasteiger partial charge >= 0.3 is 0 Å². The van der Waals surface area contributed by atoms with Crippen molar-refractivity contribution in [1.29, 1.82) is 0 Å². The lowest BCUT2D eigenvalue weighted by Gasteiger charge is -2.58. The number of hydrogen-bond donors (Lipinski definition) is 1. The van der Waals surface area contributed by atoms with Crippen LogP contribution in [0.5, 0.6) is 0 Å². The molecule has 0 radical (unpaired) electrons. The minimum absolute atomic E-state index is 0.0948. The van der Waals surface area contributed by atoms with Crippen LogP contribution in [0.3, 0.4) is 0 Å². The van der Waals surface area contributed by atoms with Crippen LogP contribution in [-0.2, 0) is 0 Å². The third kappa shape index (κ3) is 3.24. The smallest absolute Gasteiger partial charge is 0.0577 e. The highest BCUT2D eigenvalue weighted by Crippen LogP contribution is 2.67. The van der Waals surface area contributed by atoms with E-state index in [1.807, 2.05) is 6.20 Å². The van der Waals surface area contributed by atoms with Gasteiger partial charge < -0.3 is 5.11 Å². The minimum atomic E-state index is -0.0948. The molecule has 156 valence electrons. The Morgan fingerprint density at radius 1 is 1.14 bits per heavy atom. The maximum Gasteiger partial charge on any atom is 0.0577 e. The van der Waals surface area contributed by atoms with Gasteiger partial charge in [0.05, 0.1) is 6.10 Å². The fraction of sp³-hybridized carbons (Fsp3) is 0.808. The summed E-state index contributed by atoms with van der Waals surface area (Å²) in [4.78, 5) is 4.50. The van der Waals surface area contributed by atoms with Crippen molar-refractivity contribution < 1.29 is 5.11 Å². The van der Waals surface area contributed by atoms with E-state index in [0.717, 1.165) is 42.2 Å². The standard InChI is InChI=1S/C26H41NO/c1-17(2)27-15-12-18(3)22-8-9-23-21-7-6-19-16-20(28)10-13-25(19,4)24(21)11-14-26(22,23)5/h6,12,15,18,20-24,28H,7-11,13-14,16H2,1-5H3/b15-12+/t18-,20+,21+,22-,23?,24?,25+,26-/m1/s1. The van der Waals surface area contributed by atoms with Crippen LogP contribution in [0.1, 0.15) is 86.0 Å². The van der Waals surface area contributed by atoms with E-state index in [1.165, 1.54) is 38.5 Å². The molecule has 8 atom stereocenters. The highest BCUT2D eigenvalue weighted by atomic mass is 16.3. The van der Waals surface area contributed by atoms with Gasteiger partial charge in [0.1, 0.15) is 0 Å². The molecular weight excluding hydrogens is 342 g/mol. The maximum absolute atomic E-state index is 10.2. The Morgan fingerprint density at radius 3 is 2.68 bits per heavy atom. The summed E-state index contributed by atoms with van der Waals surface area (Å²) < 4.78 is 0. The maximum atomic E-state index is 10.2. The summed E-state index contributed by atoms with van der Waals surface area (Å²) in [6.07, 6.45) is 16.9. The van der Waals surface area contributed by atoms with E-state index in [1.54, 1.807) is 5.57 Å². The highest BCUT2D eigenvalue weighted by molar-refractivity contribution is 5.79. The van der Waals surface area contributed by atoms with Crippen molar-refractivity contribution in [2.45, 2.75) is 92.1 Å². The lowest BCUT2D eigenvalue weighted by molar-refractivity contribution is -0.0540. The van der Waals surface area contributed by atoms with Crippen molar-refractivity contribution in [3.63, 3.8) is 0 Å². The lowest BCUT2D eigenvalue weighted by atomic mass is 9.47. The number of rotatable bonds is 3. The Balaban J connectivity index is 1.55. The van der Waals surface area contributed by atoms with Crippen molar-refractivity contribution in [2.75, 3.05) is 0 Å². The Bertz CT molecular complexity index is 687. The molecule has 0 aromatic carbocycles. The quantitative estimate of drug-likeness (QED) is 0.434. The largest absolute Gasteiger partial charge is 0.393 e. The van der Waals surface area contributed by atoms with E-state index >= 15 is 0 Å². The summed E-state index contributed by atoms with van der Waals surface area (Å²) in [5, 5.41) is 10.2. The first kappa shape index (κ1) is 20.4. The zero-order valence-electron chi connectivity index (χ0n) is 18.7. The summed E-state index contributed by atoms with van der Waals surface area (Å²) >= 11 is 0. The van der Waals surface area contributed by atoms with Gasteiger partial charge in [0.2, 0.25) is 0 Å². The Labute approximate surface area is 172 Å². The zero-order chi connectivity index (χ0) is 20.1. The van der Waals surface area contributed by atoms with E-state index in [2.05, 4.69) is 51.8 Å². The van der Waals surface area contributed by atoms with Gasteiger partial charge in [-0.25, -0.2) is 0 Å². The molecule has 2 nitrogen and oxygen atoms in total. The fourth-order valence-electron chi connectivity index (χ4n) is 8.01. The van der Waals surface area contributed by atoms with Crippen molar-refractivity contribution in [2.24, 2.45) is 45.4 Å². The summed E-state index contributed by atoms with van der Waals surface area (Å²) in [5.74, 6) is 4.00. The van der Waals surface area contributed by atoms with Crippen LogP contribution in [-0.4, -0.2) is 16.9 Å². The molecule has 0 aromatic rings. The van der Waals surface area contributed by atoms with Gasteiger partial charge in [0.15, 0.2) is 0 Å². The summed E-state index contributed by atoms with van der Waals surface area (Å²) in [6.45, 7) is 11.7. The average Bonchev–Trinajstić information content (AvgIpc) is 2.99. The van der Waals surface area contributed by atoms with Gasteiger partial charge in [-0.15, -0.1) is 0 Å². The molecule has 0 heterocycles. The molecule has 4 aliphatic carbocycles. The number of nitrogens with zero attached hydrogens (tertiary/aromatic N) is 1. The van der Waals surface area contributed by atoms with Crippen LogP contribution < -0.4 is 0 Å². The second kappa shape index (κ2) is 7.42. The molecule has 28 heavy (non-hydrogen) atoms. The van der Waals surface area contributed by atoms with Crippen LogP contribution >= 0.6 is 0 Å². The summed E-state index contributed by atoms with van der Waals surface area (Å²) in [7, 11) is 0. The number of fused-ring (bicyclic) bond motifs is 5. The molecule has 2 heteroatoms. The monoisotopic (exact) mass is 383 g/mol. The Morgan fingerprint density at radius 2 is 1.93 bits per heavy atom. The van der Waals surface area contributed by atoms with E-state index in [-0.39, 0.29) is 6.10 Å². The molecule has 3 fully saturated rings. The van der Waals surface area contributed by atoms with Crippen LogP contribution in [0.25, 0.3) is 0 Å². The molecule has 0 bridgehead atoms. The number of aliphatic imine (C=N–C) groups is 1. The third-order valence-electron chi connectivity index (χ3n) is 9.51. The molecule has 0 amide bonds. The van der Waals surface area contributed by atoms with Gasteiger partial charge in [-0.3, -0.25) is 4.99 Å². The second-order valence-corrected chi connectivity index (χ2v) is 11.2. The molecule has 4 aliphatic rings. The van der Waals surface area contributed by atoms with Crippen LogP contribution in [0, 0.1) is 40.4 Å². The summed E-state index contributed by atoms with van der Waals surface area (Å²) in [5.41, 5.74) is 3.58. The molecule has 4 rings (SSSR count). The van der Waals surface area contributed by atoms with Crippen molar-refractivity contribution in [1.82, 2.24) is 0 Å². The van der Waals surface area contributed by atoms with Crippen LogP contribution in [0.15, 0.2) is 28.9 Å². The van der Waals surface area contributed by atoms with Gasteiger partial charge in [-0.2, -0.15) is 0 Å². The molecule has 0 spiro atoms. The van der Waals surface area contributed by atoms with E-state index in [0.29, 0.717) is 16.7 Å². The van der Waals surface area contributed by atoms with Crippen LogP contribution in [0.4, 0.5) is 0 Å². The minimum Gasteiger partial charge on any atom is -0.393 e. The van der Waals surface area contributed by atoms with Gasteiger partial charge in [-0.1, -0.05) is 38.5 Å². The molecule has 2 unspecified atom stereocenters. The first-order valence-corrected chi connectivity index (χ1v) is 11.8. The highest BCUT2D eigenvalue weighted by Gasteiger charge is 2.58. The SMILES string of the molecule is CC(C)=N/C=C/[C@@H](C)[C@H]1CCC2[C@@H]3CC=C4C[C@@H](O)CC[C@]4(C)C3CC[C@@]21C. The van der Waals surface area contributed by atoms with E-state index in [4.69, 9.17) is 0 Å². The molecule has 0 aliphatic heterocycles. The first-order chi connectivity index (χ1) is 13.3. The Hall–Kier alpha value is -0.890. The van der Waals surface area contributed by atoms with Gasteiger partial charge in [-0.05, 0) is 106 Å². The summed E-state index contributed by atoms with van der Waals surface area (Å²) in [6, 6.07) is 0. The Kier molecular flexibility index (Phi) is 5.40. The number of aliphatic hydroxyl groups is 1. The number of aliphatic hydroxyl groups excluding tert-OH is 1. The first-order valence-electron chi connectivity index (χ1n) is 11.8. The predicted octanol–water partition coefficient (Wildman–Crippen LogP) is 6.56. The molecule has 3 saturated carbocycles. The van der Waals surface area contributed by atoms with Crippen molar-refractivity contribution in [3.8, 4) is 0 Å². The van der Waals surface area contributed by atoms with E-state index < -0.39 is 0 Å². The molecule has 0 saturated heterocycles. The van der Waals surface area contributed by atoms with E-state index in [9.17, 15) is 5.11 Å². The number of allylic oxidation sites excluding steroid dienone is 2. The molecular formula is C26H41NO. The zero-order valence-corrected chi connectivity index (χ0v) is 18.7. The average molecular weight is 384 g/mol. The topological polar surface area (TPSA) is 32.6 Å². The van der Waals surface area contributed by atoms with Gasteiger partial charge in [0.25, 0.3) is 0 Å². The molecule has 0 aromatic heterocycles. The third-order valence-corrected chi connectivity index (χ3v) is 9.51. The lowest BCUT2D eigenvalue weighted by Crippen LogP contribution is -2.50. The van der Waals surface area contributed by atoms with Crippen molar-refractivity contribution >= 4 is 5.71 Å². The van der Waals surface area contributed by atoms with Gasteiger partial charge in [0, 0.05) is 11.9 Å². The predicted molar refractivity (Wildman–Crippen MR) is 118 cm³/mol.